The van der Waals surface area contributed by atoms with Crippen LogP contribution in [0.5, 0.6) is 0 Å². The Morgan fingerprint density at radius 3 is 2.82 bits per heavy atom. The van der Waals surface area contributed by atoms with E-state index in [4.69, 9.17) is 28.3 Å². The zero-order valence-corrected chi connectivity index (χ0v) is 11.7. The summed E-state index contributed by atoms with van der Waals surface area (Å²) < 4.78 is 0.599. The number of thiophene rings is 1. The van der Waals surface area contributed by atoms with Crippen molar-refractivity contribution in [3.8, 4) is 0 Å². The van der Waals surface area contributed by atoms with Crippen LogP contribution in [0.2, 0.25) is 9.36 Å². The van der Waals surface area contributed by atoms with Crippen molar-refractivity contribution in [2.75, 3.05) is 13.1 Å². The first-order chi connectivity index (χ1) is 7.92. The minimum absolute atomic E-state index is 0.562. The molecule has 1 aliphatic heterocycles. The highest BCUT2D eigenvalue weighted by Gasteiger charge is 2.40. The summed E-state index contributed by atoms with van der Waals surface area (Å²) >= 11 is 13.4. The molecule has 1 fully saturated rings. The number of likely N-dealkylation sites (tertiary alicyclic amines) is 1. The van der Waals surface area contributed by atoms with Gasteiger partial charge in [-0.05, 0) is 30.8 Å². The molecule has 1 aliphatic rings. The third kappa shape index (κ3) is 2.60. The van der Waals surface area contributed by atoms with Crippen LogP contribution >= 0.6 is 34.5 Å². The van der Waals surface area contributed by atoms with Gasteiger partial charge in [0.05, 0.1) is 10.4 Å². The number of hydrogen-bond acceptors (Lipinski definition) is 3. The average molecular weight is 294 g/mol. The SMILES string of the molecule is CC1(C(=O)O)CCN(Cc2csc(Cl)c2Cl)C1. The maximum atomic E-state index is 11.1. The number of aliphatic carboxylic acids is 1. The number of carboxylic acid groups (broad SMARTS) is 1. The molecule has 1 unspecified atom stereocenters. The summed E-state index contributed by atoms with van der Waals surface area (Å²) in [5.74, 6) is -0.727. The Kier molecular flexibility index (Phi) is 3.69. The molecule has 17 heavy (non-hydrogen) atoms. The fourth-order valence-electron chi connectivity index (χ4n) is 2.07. The van der Waals surface area contributed by atoms with Gasteiger partial charge in [0.2, 0.25) is 0 Å². The lowest BCUT2D eigenvalue weighted by Crippen LogP contribution is -2.31. The van der Waals surface area contributed by atoms with Crippen molar-refractivity contribution < 1.29 is 9.90 Å². The summed E-state index contributed by atoms with van der Waals surface area (Å²) in [6.45, 7) is 3.81. The van der Waals surface area contributed by atoms with E-state index in [-0.39, 0.29) is 0 Å². The Morgan fingerprint density at radius 2 is 2.35 bits per heavy atom. The van der Waals surface area contributed by atoms with Crippen LogP contribution in [0.1, 0.15) is 18.9 Å². The first kappa shape index (κ1) is 13.1. The van der Waals surface area contributed by atoms with Crippen LogP contribution in [0.25, 0.3) is 0 Å². The summed E-state index contributed by atoms with van der Waals surface area (Å²) in [5.41, 5.74) is 0.350. The molecule has 2 heterocycles. The second kappa shape index (κ2) is 4.76. The van der Waals surface area contributed by atoms with Crippen LogP contribution in [-0.2, 0) is 11.3 Å². The van der Waals surface area contributed by atoms with E-state index in [2.05, 4.69) is 4.90 Å². The quantitative estimate of drug-likeness (QED) is 0.929. The third-order valence-electron chi connectivity index (χ3n) is 3.22. The average Bonchev–Trinajstić information content (AvgIpc) is 2.78. The zero-order valence-electron chi connectivity index (χ0n) is 9.37. The lowest BCUT2D eigenvalue weighted by molar-refractivity contribution is -0.147. The molecule has 0 radical (unpaired) electrons. The molecule has 0 bridgehead atoms. The highest BCUT2D eigenvalue weighted by Crippen LogP contribution is 2.36. The van der Waals surface area contributed by atoms with Gasteiger partial charge in [-0.3, -0.25) is 9.69 Å². The number of carbonyl (C=O) groups is 1. The van der Waals surface area contributed by atoms with Crippen molar-refractivity contribution in [2.24, 2.45) is 5.41 Å². The number of halogens is 2. The van der Waals surface area contributed by atoms with E-state index in [0.29, 0.717) is 28.9 Å². The molecule has 1 aromatic rings. The van der Waals surface area contributed by atoms with Gasteiger partial charge >= 0.3 is 5.97 Å². The molecule has 0 aliphatic carbocycles. The van der Waals surface area contributed by atoms with Gasteiger partial charge in [0.15, 0.2) is 0 Å². The van der Waals surface area contributed by atoms with Crippen LogP contribution in [-0.4, -0.2) is 29.1 Å². The summed E-state index contributed by atoms with van der Waals surface area (Å²) in [6, 6.07) is 0. The van der Waals surface area contributed by atoms with Crippen molar-refractivity contribution in [1.29, 1.82) is 0 Å². The van der Waals surface area contributed by atoms with E-state index in [1.54, 1.807) is 6.92 Å². The van der Waals surface area contributed by atoms with Gasteiger partial charge < -0.3 is 5.11 Å². The van der Waals surface area contributed by atoms with Crippen molar-refractivity contribution in [3.63, 3.8) is 0 Å². The second-order valence-electron chi connectivity index (χ2n) is 4.68. The van der Waals surface area contributed by atoms with E-state index in [9.17, 15) is 4.79 Å². The molecule has 1 N–H and O–H groups in total. The molecule has 1 aromatic heterocycles. The second-order valence-corrected chi connectivity index (χ2v) is 6.53. The predicted octanol–water partition coefficient (Wildman–Crippen LogP) is 3.35. The first-order valence-electron chi connectivity index (χ1n) is 5.29. The summed E-state index contributed by atoms with van der Waals surface area (Å²) in [6.07, 6.45) is 0.678. The summed E-state index contributed by atoms with van der Waals surface area (Å²) in [7, 11) is 0. The Hall–Kier alpha value is -0.290. The normalized spacial score (nSPS) is 25.4. The van der Waals surface area contributed by atoms with Crippen LogP contribution < -0.4 is 0 Å². The largest absolute Gasteiger partial charge is 0.481 e. The Labute approximate surface area is 114 Å². The molecule has 0 spiro atoms. The molecule has 94 valence electrons. The van der Waals surface area contributed by atoms with Crippen molar-refractivity contribution >= 4 is 40.5 Å². The van der Waals surface area contributed by atoms with Gasteiger partial charge in [0, 0.05) is 13.1 Å². The van der Waals surface area contributed by atoms with Crippen molar-refractivity contribution in [2.45, 2.75) is 19.9 Å². The maximum absolute atomic E-state index is 11.1. The lowest BCUT2D eigenvalue weighted by Gasteiger charge is -2.19. The number of hydrogen-bond donors (Lipinski definition) is 1. The molecule has 3 nitrogen and oxygen atoms in total. The molecule has 1 saturated heterocycles. The highest BCUT2D eigenvalue weighted by molar-refractivity contribution is 7.15. The fraction of sp³-hybridized carbons (Fsp3) is 0.545. The smallest absolute Gasteiger partial charge is 0.310 e. The first-order valence-corrected chi connectivity index (χ1v) is 6.93. The van der Waals surface area contributed by atoms with Gasteiger partial charge in [-0.15, -0.1) is 11.3 Å². The van der Waals surface area contributed by atoms with Crippen LogP contribution in [0, 0.1) is 5.41 Å². The summed E-state index contributed by atoms with van der Waals surface area (Å²) in [4.78, 5) is 13.2. The van der Waals surface area contributed by atoms with Gasteiger partial charge in [0.25, 0.3) is 0 Å². The van der Waals surface area contributed by atoms with E-state index in [1.807, 2.05) is 5.38 Å². The van der Waals surface area contributed by atoms with Gasteiger partial charge in [-0.2, -0.15) is 0 Å². The highest BCUT2D eigenvalue weighted by atomic mass is 35.5. The van der Waals surface area contributed by atoms with E-state index >= 15 is 0 Å². The predicted molar refractivity (Wildman–Crippen MR) is 70.0 cm³/mol. The number of nitrogens with zero attached hydrogens (tertiary/aromatic N) is 1. The molecule has 0 aromatic carbocycles. The Morgan fingerprint density at radius 1 is 1.65 bits per heavy atom. The van der Waals surface area contributed by atoms with Gasteiger partial charge in [-0.25, -0.2) is 0 Å². The summed E-state index contributed by atoms with van der Waals surface area (Å²) in [5, 5.41) is 11.7. The van der Waals surface area contributed by atoms with Crippen LogP contribution in [0.4, 0.5) is 0 Å². The molecular weight excluding hydrogens is 281 g/mol. The minimum Gasteiger partial charge on any atom is -0.481 e. The van der Waals surface area contributed by atoms with Crippen LogP contribution in [0.3, 0.4) is 0 Å². The standard InChI is InChI=1S/C11H13Cl2NO2S/c1-11(10(15)16)2-3-14(6-11)4-7-5-17-9(13)8(7)12/h5H,2-4,6H2,1H3,(H,15,16). The molecule has 2 rings (SSSR count). The molecule has 0 saturated carbocycles. The van der Waals surface area contributed by atoms with E-state index in [1.165, 1.54) is 11.3 Å². The van der Waals surface area contributed by atoms with Gasteiger partial charge in [-0.1, -0.05) is 23.2 Å². The van der Waals surface area contributed by atoms with Crippen molar-refractivity contribution in [3.05, 3.63) is 20.3 Å². The topological polar surface area (TPSA) is 40.5 Å². The Bertz CT molecular complexity index is 449. The monoisotopic (exact) mass is 293 g/mol. The third-order valence-corrected chi connectivity index (χ3v) is 5.13. The lowest BCUT2D eigenvalue weighted by atomic mass is 9.90. The molecule has 0 amide bonds. The minimum atomic E-state index is -0.727. The molecule has 1 atom stereocenters. The van der Waals surface area contributed by atoms with Gasteiger partial charge in [0.1, 0.15) is 4.34 Å². The molecule has 6 heteroatoms. The zero-order chi connectivity index (χ0) is 12.6. The Balaban J connectivity index is 2.03. The maximum Gasteiger partial charge on any atom is 0.310 e. The fourth-order valence-corrected chi connectivity index (χ4v) is 3.31. The van der Waals surface area contributed by atoms with E-state index < -0.39 is 11.4 Å². The van der Waals surface area contributed by atoms with E-state index in [0.717, 1.165) is 12.1 Å². The number of rotatable bonds is 3. The molecular formula is C11H13Cl2NO2S. The number of carboxylic acids is 1. The van der Waals surface area contributed by atoms with Crippen LogP contribution in [0.15, 0.2) is 5.38 Å². The van der Waals surface area contributed by atoms with Crippen molar-refractivity contribution in [1.82, 2.24) is 4.90 Å².